The summed E-state index contributed by atoms with van der Waals surface area (Å²) in [7, 11) is 3.06. The molecule has 0 heterocycles. The van der Waals surface area contributed by atoms with Gasteiger partial charge < -0.3 is 30.6 Å². The van der Waals surface area contributed by atoms with Crippen LogP contribution in [0.15, 0.2) is 42.5 Å². The molecular weight excluding hydrogens is 378 g/mol. The first kappa shape index (κ1) is 21.5. The molecule has 0 unspecified atom stereocenters. The van der Waals surface area contributed by atoms with Crippen molar-refractivity contribution >= 4 is 23.6 Å². The Morgan fingerprint density at radius 2 is 1.76 bits per heavy atom. The maximum absolute atomic E-state index is 12.3. The van der Waals surface area contributed by atoms with E-state index in [0.29, 0.717) is 17.2 Å². The first-order valence-corrected chi connectivity index (χ1v) is 8.70. The molecule has 1 atom stereocenters. The third-order valence-electron chi connectivity index (χ3n) is 3.93. The molecule has 0 bridgehead atoms. The summed E-state index contributed by atoms with van der Waals surface area (Å²) >= 11 is 0. The van der Waals surface area contributed by atoms with Crippen LogP contribution >= 0.6 is 0 Å². The van der Waals surface area contributed by atoms with E-state index in [4.69, 9.17) is 19.9 Å². The second-order valence-electron chi connectivity index (χ2n) is 6.02. The normalized spacial score (nSPS) is 11.1. The largest absolute Gasteiger partial charge is 0.493 e. The number of nitrogens with two attached hydrogens (primary N) is 1. The van der Waals surface area contributed by atoms with Gasteiger partial charge in [-0.2, -0.15) is 0 Å². The first-order valence-electron chi connectivity index (χ1n) is 8.70. The predicted octanol–water partition coefficient (Wildman–Crippen LogP) is 2.06. The van der Waals surface area contributed by atoms with E-state index in [-0.39, 0.29) is 12.1 Å². The monoisotopic (exact) mass is 401 g/mol. The lowest BCUT2D eigenvalue weighted by molar-refractivity contribution is -0.129. The highest BCUT2D eigenvalue weighted by molar-refractivity contribution is 5.94. The molecule has 0 aliphatic rings. The number of methoxy groups -OCH3 is 2. The summed E-state index contributed by atoms with van der Waals surface area (Å²) < 4.78 is 15.6. The zero-order chi connectivity index (χ0) is 21.4. The van der Waals surface area contributed by atoms with E-state index < -0.39 is 24.0 Å². The minimum Gasteiger partial charge on any atom is -0.493 e. The summed E-state index contributed by atoms with van der Waals surface area (Å²) in [6, 6.07) is 10.5. The molecule has 0 radical (unpaired) electrons. The lowest BCUT2D eigenvalue weighted by Crippen LogP contribution is -2.35. The summed E-state index contributed by atoms with van der Waals surface area (Å²) in [4.78, 5) is 35.4. The number of rotatable bonds is 8. The van der Waals surface area contributed by atoms with Gasteiger partial charge in [-0.25, -0.2) is 9.59 Å². The van der Waals surface area contributed by atoms with Crippen LogP contribution in [-0.2, 0) is 16.1 Å². The molecule has 4 N–H and O–H groups in total. The van der Waals surface area contributed by atoms with Crippen LogP contribution in [0.1, 0.15) is 22.8 Å². The number of hydrogen-bond acceptors (Lipinski definition) is 6. The van der Waals surface area contributed by atoms with Gasteiger partial charge in [-0.3, -0.25) is 4.79 Å². The van der Waals surface area contributed by atoms with Gasteiger partial charge in [-0.05, 0) is 42.8 Å². The zero-order valence-corrected chi connectivity index (χ0v) is 16.4. The number of urea groups is 1. The Bertz CT molecular complexity index is 900. The van der Waals surface area contributed by atoms with E-state index in [1.165, 1.54) is 33.3 Å². The van der Waals surface area contributed by atoms with Crippen LogP contribution < -0.4 is 25.8 Å². The molecule has 154 valence electrons. The zero-order valence-electron chi connectivity index (χ0n) is 16.4. The lowest BCUT2D eigenvalue weighted by Gasteiger charge is -2.15. The van der Waals surface area contributed by atoms with Crippen molar-refractivity contribution in [2.24, 2.45) is 5.73 Å². The van der Waals surface area contributed by atoms with Crippen molar-refractivity contribution in [1.82, 2.24) is 5.32 Å². The minimum absolute atomic E-state index is 0.177. The Labute approximate surface area is 168 Å². The number of benzene rings is 2. The van der Waals surface area contributed by atoms with Gasteiger partial charge in [-0.15, -0.1) is 0 Å². The van der Waals surface area contributed by atoms with Crippen molar-refractivity contribution < 1.29 is 28.6 Å². The van der Waals surface area contributed by atoms with Crippen molar-refractivity contribution in [1.29, 1.82) is 0 Å². The summed E-state index contributed by atoms with van der Waals surface area (Å²) in [6.07, 6.45) is -1.02. The third-order valence-corrected chi connectivity index (χ3v) is 3.93. The van der Waals surface area contributed by atoms with Crippen molar-refractivity contribution in [3.05, 3.63) is 53.6 Å². The van der Waals surface area contributed by atoms with Gasteiger partial charge in [-0.1, -0.05) is 12.1 Å². The Morgan fingerprint density at radius 1 is 1.03 bits per heavy atom. The number of carbonyl (C=O) groups is 3. The van der Waals surface area contributed by atoms with Gasteiger partial charge in [0, 0.05) is 12.2 Å². The number of anilines is 1. The summed E-state index contributed by atoms with van der Waals surface area (Å²) in [5.74, 6) is -0.0347. The number of carbonyl (C=O) groups excluding carboxylic acids is 3. The summed E-state index contributed by atoms with van der Waals surface area (Å²) in [5.41, 5.74) is 6.37. The highest BCUT2D eigenvalue weighted by atomic mass is 16.5. The Hall–Kier alpha value is -3.75. The van der Waals surface area contributed by atoms with Crippen LogP contribution in [0.3, 0.4) is 0 Å². The number of ether oxygens (including phenoxy) is 3. The maximum atomic E-state index is 12.3. The summed E-state index contributed by atoms with van der Waals surface area (Å²) in [5, 5.41) is 5.06. The quantitative estimate of drug-likeness (QED) is 0.581. The Kier molecular flexibility index (Phi) is 7.41. The molecule has 0 aliphatic heterocycles. The number of primary amides is 1. The van der Waals surface area contributed by atoms with Gasteiger partial charge in [0.15, 0.2) is 17.6 Å². The highest BCUT2D eigenvalue weighted by Gasteiger charge is 2.19. The SMILES string of the molecule is COc1ccc(CNC(=O)[C@@H](C)OC(=O)c2cccc(NC(N)=O)c2)cc1OC. The number of nitrogens with one attached hydrogen (secondary N) is 2. The molecule has 2 rings (SSSR count). The fourth-order valence-electron chi connectivity index (χ4n) is 2.47. The Balaban J connectivity index is 1.93. The van der Waals surface area contributed by atoms with Crippen molar-refractivity contribution in [2.75, 3.05) is 19.5 Å². The first-order chi connectivity index (χ1) is 13.8. The molecule has 2 aromatic carbocycles. The number of hydrogen-bond donors (Lipinski definition) is 3. The molecule has 29 heavy (non-hydrogen) atoms. The van der Waals surface area contributed by atoms with E-state index in [0.717, 1.165) is 5.56 Å². The topological polar surface area (TPSA) is 129 Å². The second-order valence-corrected chi connectivity index (χ2v) is 6.02. The standard InChI is InChI=1S/C20H23N3O6/c1-12(29-19(25)14-5-4-6-15(10-14)23-20(21)26)18(24)22-11-13-7-8-16(27-2)17(9-13)28-3/h4-10,12H,11H2,1-3H3,(H,22,24)(H3,21,23,26)/t12-/m1/s1. The molecule has 9 heteroatoms. The van der Waals surface area contributed by atoms with E-state index >= 15 is 0 Å². The highest BCUT2D eigenvalue weighted by Crippen LogP contribution is 2.27. The molecule has 0 saturated carbocycles. The predicted molar refractivity (Wildman–Crippen MR) is 106 cm³/mol. The van der Waals surface area contributed by atoms with Crippen molar-refractivity contribution in [3.63, 3.8) is 0 Å². The van der Waals surface area contributed by atoms with E-state index in [1.807, 2.05) is 0 Å². The molecular formula is C20H23N3O6. The fourth-order valence-corrected chi connectivity index (χ4v) is 2.47. The molecule has 0 spiro atoms. The van der Waals surface area contributed by atoms with E-state index in [9.17, 15) is 14.4 Å². The fraction of sp³-hybridized carbons (Fsp3) is 0.250. The maximum Gasteiger partial charge on any atom is 0.338 e. The molecule has 3 amide bonds. The molecule has 0 aliphatic carbocycles. The molecule has 9 nitrogen and oxygen atoms in total. The average Bonchev–Trinajstić information content (AvgIpc) is 2.71. The van der Waals surface area contributed by atoms with Crippen LogP contribution in [0.5, 0.6) is 11.5 Å². The smallest absolute Gasteiger partial charge is 0.338 e. The van der Waals surface area contributed by atoms with Crippen LogP contribution in [0.25, 0.3) is 0 Å². The molecule has 0 fully saturated rings. The minimum atomic E-state index is -1.02. The molecule has 0 saturated heterocycles. The number of esters is 1. The lowest BCUT2D eigenvalue weighted by atomic mass is 10.2. The van der Waals surface area contributed by atoms with Gasteiger partial charge in [0.25, 0.3) is 5.91 Å². The van der Waals surface area contributed by atoms with Crippen LogP contribution in [0, 0.1) is 0 Å². The Morgan fingerprint density at radius 3 is 2.41 bits per heavy atom. The van der Waals surface area contributed by atoms with Gasteiger partial charge in [0.05, 0.1) is 19.8 Å². The average molecular weight is 401 g/mol. The van der Waals surface area contributed by atoms with E-state index in [2.05, 4.69) is 10.6 Å². The second kappa shape index (κ2) is 9.98. The van der Waals surface area contributed by atoms with Crippen LogP contribution in [0.4, 0.5) is 10.5 Å². The van der Waals surface area contributed by atoms with Crippen LogP contribution in [-0.4, -0.2) is 38.2 Å². The van der Waals surface area contributed by atoms with Crippen LogP contribution in [0.2, 0.25) is 0 Å². The van der Waals surface area contributed by atoms with Gasteiger partial charge in [0.1, 0.15) is 0 Å². The van der Waals surface area contributed by atoms with Crippen molar-refractivity contribution in [3.8, 4) is 11.5 Å². The molecule has 0 aromatic heterocycles. The van der Waals surface area contributed by atoms with Crippen molar-refractivity contribution in [2.45, 2.75) is 19.6 Å². The molecule has 2 aromatic rings. The van der Waals surface area contributed by atoms with Gasteiger partial charge in [0.2, 0.25) is 0 Å². The third kappa shape index (κ3) is 6.13. The summed E-state index contributed by atoms with van der Waals surface area (Å²) in [6.45, 7) is 1.69. The van der Waals surface area contributed by atoms with E-state index in [1.54, 1.807) is 30.3 Å². The number of amides is 3. The van der Waals surface area contributed by atoms with Gasteiger partial charge >= 0.3 is 12.0 Å².